The van der Waals surface area contributed by atoms with Crippen molar-refractivity contribution in [3.05, 3.63) is 62.8 Å². The van der Waals surface area contributed by atoms with Crippen molar-refractivity contribution in [2.45, 2.75) is 38.1 Å². The van der Waals surface area contributed by atoms with E-state index in [1.807, 2.05) is 32.9 Å². The fourth-order valence-corrected chi connectivity index (χ4v) is 5.44. The van der Waals surface area contributed by atoms with Gasteiger partial charge in [0.1, 0.15) is 0 Å². The lowest BCUT2D eigenvalue weighted by atomic mass is 9.98. The third kappa shape index (κ3) is 3.47. The van der Waals surface area contributed by atoms with E-state index in [4.69, 9.17) is 0 Å². The Balaban J connectivity index is 1.97. The number of aromatic nitrogens is 1. The number of thiazole rings is 1. The number of nitrogens with zero attached hydrogens (tertiary/aromatic N) is 1. The van der Waals surface area contributed by atoms with Gasteiger partial charge >= 0.3 is 4.87 Å². The molecule has 0 aliphatic rings. The predicted molar refractivity (Wildman–Crippen MR) is 106 cm³/mol. The molecule has 0 aliphatic carbocycles. The molecular formula is C19H22N2O3S2. The minimum absolute atomic E-state index is 0.107. The van der Waals surface area contributed by atoms with Gasteiger partial charge in [-0.05, 0) is 49.6 Å². The molecular weight excluding hydrogens is 368 g/mol. The summed E-state index contributed by atoms with van der Waals surface area (Å²) in [6.07, 6.45) is 0.643. The highest BCUT2D eigenvalue weighted by Gasteiger charge is 2.22. The molecule has 5 nitrogen and oxygen atoms in total. The van der Waals surface area contributed by atoms with Gasteiger partial charge in [0, 0.05) is 13.1 Å². The second-order valence-corrected chi connectivity index (χ2v) is 9.21. The molecule has 0 saturated carbocycles. The zero-order valence-corrected chi connectivity index (χ0v) is 16.9. The van der Waals surface area contributed by atoms with E-state index < -0.39 is 10.0 Å². The number of hydrogen-bond acceptors (Lipinski definition) is 4. The summed E-state index contributed by atoms with van der Waals surface area (Å²) in [6, 6.07) is 10.5. The summed E-state index contributed by atoms with van der Waals surface area (Å²) in [5.74, 6) is 0. The zero-order chi connectivity index (χ0) is 19.1. The molecule has 0 spiro atoms. The monoisotopic (exact) mass is 390 g/mol. The van der Waals surface area contributed by atoms with Crippen LogP contribution in [0.2, 0.25) is 0 Å². The van der Waals surface area contributed by atoms with E-state index in [0.29, 0.717) is 11.1 Å². The maximum atomic E-state index is 12.9. The van der Waals surface area contributed by atoms with Crippen molar-refractivity contribution in [1.82, 2.24) is 9.29 Å². The lowest BCUT2D eigenvalue weighted by Crippen LogP contribution is -2.28. The van der Waals surface area contributed by atoms with Gasteiger partial charge in [-0.2, -0.15) is 0 Å². The van der Waals surface area contributed by atoms with Crippen LogP contribution in [0.25, 0.3) is 10.2 Å². The Hall–Kier alpha value is -1.96. The fourth-order valence-electron chi connectivity index (χ4n) is 3.12. The average Bonchev–Trinajstić information content (AvgIpc) is 2.87. The SMILES string of the molecule is CC[C@@H](NS(=O)(=O)c1ccc2c(c1)sc(=O)n2C)c1ccc(C)cc1C. The van der Waals surface area contributed by atoms with Crippen molar-refractivity contribution in [1.29, 1.82) is 0 Å². The molecule has 0 unspecified atom stereocenters. The van der Waals surface area contributed by atoms with Crippen LogP contribution in [0.15, 0.2) is 46.1 Å². The van der Waals surface area contributed by atoms with Crippen molar-refractivity contribution in [2.75, 3.05) is 0 Å². The minimum Gasteiger partial charge on any atom is -0.302 e. The van der Waals surface area contributed by atoms with Crippen LogP contribution in [-0.2, 0) is 17.1 Å². The summed E-state index contributed by atoms with van der Waals surface area (Å²) in [7, 11) is -2.01. The quantitative estimate of drug-likeness (QED) is 0.723. The third-order valence-electron chi connectivity index (χ3n) is 4.58. The molecule has 7 heteroatoms. The summed E-state index contributed by atoms with van der Waals surface area (Å²) in [5.41, 5.74) is 3.93. The van der Waals surface area contributed by atoms with E-state index >= 15 is 0 Å². The molecule has 26 heavy (non-hydrogen) atoms. The van der Waals surface area contributed by atoms with Gasteiger partial charge in [0.2, 0.25) is 10.0 Å². The smallest absolute Gasteiger partial charge is 0.302 e. The lowest BCUT2D eigenvalue weighted by molar-refractivity contribution is 0.549. The van der Waals surface area contributed by atoms with Crippen LogP contribution in [0.3, 0.4) is 0 Å². The molecule has 1 N–H and O–H groups in total. The highest BCUT2D eigenvalue weighted by molar-refractivity contribution is 7.89. The topological polar surface area (TPSA) is 68.2 Å². The first-order chi connectivity index (χ1) is 12.2. The van der Waals surface area contributed by atoms with Crippen LogP contribution in [-0.4, -0.2) is 13.0 Å². The van der Waals surface area contributed by atoms with Crippen LogP contribution in [0.4, 0.5) is 0 Å². The second kappa shape index (κ2) is 6.98. The number of fused-ring (bicyclic) bond motifs is 1. The molecule has 1 atom stereocenters. The van der Waals surface area contributed by atoms with Gasteiger partial charge in [0.05, 0.1) is 15.1 Å². The van der Waals surface area contributed by atoms with Crippen molar-refractivity contribution in [3.63, 3.8) is 0 Å². The predicted octanol–water partition coefficient (Wildman–Crippen LogP) is 3.65. The van der Waals surface area contributed by atoms with Crippen LogP contribution in [0.1, 0.15) is 36.1 Å². The first-order valence-electron chi connectivity index (χ1n) is 8.42. The van der Waals surface area contributed by atoms with Gasteiger partial charge in [0.15, 0.2) is 0 Å². The van der Waals surface area contributed by atoms with Crippen LogP contribution < -0.4 is 9.60 Å². The first-order valence-corrected chi connectivity index (χ1v) is 10.7. The average molecular weight is 391 g/mol. The van der Waals surface area contributed by atoms with E-state index in [1.54, 1.807) is 25.2 Å². The molecule has 1 heterocycles. The molecule has 2 aromatic carbocycles. The van der Waals surface area contributed by atoms with Gasteiger partial charge in [-0.25, -0.2) is 13.1 Å². The Morgan fingerprint density at radius 3 is 2.54 bits per heavy atom. The normalized spacial score (nSPS) is 13.2. The van der Waals surface area contributed by atoms with Gasteiger partial charge in [0.25, 0.3) is 0 Å². The highest BCUT2D eigenvalue weighted by atomic mass is 32.2. The molecule has 3 rings (SSSR count). The maximum Gasteiger partial charge on any atom is 0.307 e. The molecule has 138 valence electrons. The Morgan fingerprint density at radius 1 is 1.15 bits per heavy atom. The molecule has 0 fully saturated rings. The van der Waals surface area contributed by atoms with E-state index in [1.165, 1.54) is 4.57 Å². The van der Waals surface area contributed by atoms with Crippen molar-refractivity contribution >= 4 is 31.6 Å². The Bertz CT molecular complexity index is 1130. The molecule has 3 aromatic rings. The van der Waals surface area contributed by atoms with Crippen molar-refractivity contribution in [2.24, 2.45) is 7.05 Å². The lowest BCUT2D eigenvalue weighted by Gasteiger charge is -2.20. The number of hydrogen-bond donors (Lipinski definition) is 1. The maximum absolute atomic E-state index is 12.9. The fraction of sp³-hybridized carbons (Fsp3) is 0.316. The summed E-state index contributed by atoms with van der Waals surface area (Å²) in [5, 5.41) is 0. The molecule has 0 saturated heterocycles. The number of sulfonamides is 1. The second-order valence-electron chi connectivity index (χ2n) is 6.50. The third-order valence-corrected chi connectivity index (χ3v) is 7.05. The summed E-state index contributed by atoms with van der Waals surface area (Å²) in [4.78, 5) is 11.9. The number of nitrogens with one attached hydrogen (secondary N) is 1. The van der Waals surface area contributed by atoms with E-state index in [-0.39, 0.29) is 15.8 Å². The minimum atomic E-state index is -3.70. The summed E-state index contributed by atoms with van der Waals surface area (Å²) in [6.45, 7) is 5.97. The Morgan fingerprint density at radius 2 is 1.88 bits per heavy atom. The van der Waals surface area contributed by atoms with Gasteiger partial charge in [-0.1, -0.05) is 42.0 Å². The standard InChI is InChI=1S/C19H22N2O3S2/c1-5-16(15-8-6-12(2)10-13(15)3)20-26(23,24)14-7-9-17-18(11-14)25-19(22)21(17)4/h6-11,16,20H,5H2,1-4H3/t16-/m1/s1. The van der Waals surface area contributed by atoms with Gasteiger partial charge in [-0.3, -0.25) is 4.79 Å². The van der Waals surface area contributed by atoms with Crippen LogP contribution in [0.5, 0.6) is 0 Å². The van der Waals surface area contributed by atoms with Crippen molar-refractivity contribution in [3.8, 4) is 0 Å². The largest absolute Gasteiger partial charge is 0.307 e. The van der Waals surface area contributed by atoms with Crippen molar-refractivity contribution < 1.29 is 8.42 Å². The molecule has 0 bridgehead atoms. The van der Waals surface area contributed by atoms with Gasteiger partial charge < -0.3 is 4.57 Å². The van der Waals surface area contributed by atoms with Gasteiger partial charge in [-0.15, -0.1) is 0 Å². The molecule has 1 aromatic heterocycles. The van der Waals surface area contributed by atoms with E-state index in [2.05, 4.69) is 10.8 Å². The first kappa shape index (κ1) is 18.8. The zero-order valence-electron chi connectivity index (χ0n) is 15.2. The van der Waals surface area contributed by atoms with E-state index in [9.17, 15) is 13.2 Å². The summed E-state index contributed by atoms with van der Waals surface area (Å²) >= 11 is 1.05. The highest BCUT2D eigenvalue weighted by Crippen LogP contribution is 2.26. The molecule has 0 aliphatic heterocycles. The molecule has 0 amide bonds. The van der Waals surface area contributed by atoms with Crippen LogP contribution >= 0.6 is 11.3 Å². The summed E-state index contributed by atoms with van der Waals surface area (Å²) < 4.78 is 30.8. The number of aryl methyl sites for hydroxylation is 3. The Kier molecular flexibility index (Phi) is 5.05. The molecule has 0 radical (unpaired) electrons. The number of benzene rings is 2. The number of rotatable bonds is 5. The van der Waals surface area contributed by atoms with Crippen LogP contribution in [0, 0.1) is 13.8 Å². The Labute approximate surface area is 157 Å². The van der Waals surface area contributed by atoms with E-state index in [0.717, 1.165) is 33.5 Å².